The molecule has 1 N–H and O–H groups in total. The lowest BCUT2D eigenvalue weighted by Gasteiger charge is -2.09. The fourth-order valence-electron chi connectivity index (χ4n) is 3.70. The van der Waals surface area contributed by atoms with Crippen LogP contribution in [0, 0.1) is 5.82 Å². The van der Waals surface area contributed by atoms with Crippen LogP contribution in [0.5, 0.6) is 0 Å². The fraction of sp³-hybridized carbons (Fsp3) is 0. The van der Waals surface area contributed by atoms with Gasteiger partial charge in [-0.3, -0.25) is 9.52 Å². The normalized spacial score (nSPS) is 11.6. The largest absolute Gasteiger partial charge is 0.422 e. The summed E-state index contributed by atoms with van der Waals surface area (Å²) >= 11 is 0. The first-order valence-electron chi connectivity index (χ1n) is 10.2. The zero-order valence-corrected chi connectivity index (χ0v) is 18.3. The van der Waals surface area contributed by atoms with Gasteiger partial charge in [-0.25, -0.2) is 17.6 Å². The summed E-state index contributed by atoms with van der Waals surface area (Å²) in [6, 6.07) is 22.7. The molecule has 6 nitrogen and oxygen atoms in total. The molecular formula is C26H16FNO5S. The molecule has 4 aromatic carbocycles. The standard InChI is InChI=1S/C26H16FNO5S/c27-18-8-12-20(13-9-18)34(31,32)28-19-10-5-17(6-11-19)25(29)23-15-22-21-4-2-1-3-16(21)7-14-24(22)33-26(23)30/h1-15,28H. The van der Waals surface area contributed by atoms with Crippen LogP contribution in [0.4, 0.5) is 10.1 Å². The Morgan fingerprint density at radius 3 is 2.26 bits per heavy atom. The molecule has 0 atom stereocenters. The van der Waals surface area contributed by atoms with Gasteiger partial charge in [0, 0.05) is 16.6 Å². The summed E-state index contributed by atoms with van der Waals surface area (Å²) < 4.78 is 45.8. The first-order chi connectivity index (χ1) is 16.3. The number of hydrogen-bond acceptors (Lipinski definition) is 5. The van der Waals surface area contributed by atoms with Crippen LogP contribution in [0.15, 0.2) is 105 Å². The molecule has 0 fully saturated rings. The molecule has 1 aromatic heterocycles. The van der Waals surface area contributed by atoms with Crippen molar-refractivity contribution in [2.75, 3.05) is 4.72 Å². The Balaban J connectivity index is 1.46. The van der Waals surface area contributed by atoms with Crippen molar-refractivity contribution in [3.8, 4) is 0 Å². The maximum absolute atomic E-state index is 13.1. The molecule has 0 radical (unpaired) electrons. The molecule has 0 aliphatic rings. The summed E-state index contributed by atoms with van der Waals surface area (Å²) in [6.07, 6.45) is 0. The second-order valence-corrected chi connectivity index (χ2v) is 9.29. The van der Waals surface area contributed by atoms with Gasteiger partial charge in [0.05, 0.1) is 4.90 Å². The Bertz CT molecular complexity index is 1720. The van der Waals surface area contributed by atoms with Gasteiger partial charge >= 0.3 is 5.63 Å². The second kappa shape index (κ2) is 8.24. The van der Waals surface area contributed by atoms with Gasteiger partial charge in [0.2, 0.25) is 0 Å². The maximum Gasteiger partial charge on any atom is 0.347 e. The third-order valence-electron chi connectivity index (χ3n) is 5.41. The fourth-order valence-corrected chi connectivity index (χ4v) is 4.76. The summed E-state index contributed by atoms with van der Waals surface area (Å²) in [7, 11) is -3.93. The van der Waals surface area contributed by atoms with Gasteiger partial charge < -0.3 is 4.42 Å². The molecule has 0 aliphatic heterocycles. The van der Waals surface area contributed by atoms with Gasteiger partial charge in [0.15, 0.2) is 5.78 Å². The zero-order chi connectivity index (χ0) is 23.9. The number of nitrogens with one attached hydrogen (secondary N) is 1. The minimum Gasteiger partial charge on any atom is -0.422 e. The molecule has 0 saturated heterocycles. The number of fused-ring (bicyclic) bond motifs is 3. The van der Waals surface area contributed by atoms with Gasteiger partial charge in [-0.1, -0.05) is 30.3 Å². The molecule has 5 rings (SSSR count). The van der Waals surface area contributed by atoms with E-state index in [4.69, 9.17) is 4.42 Å². The van der Waals surface area contributed by atoms with E-state index in [1.54, 1.807) is 6.07 Å². The van der Waals surface area contributed by atoms with Gasteiger partial charge in [-0.2, -0.15) is 0 Å². The highest BCUT2D eigenvalue weighted by atomic mass is 32.2. The predicted octanol–water partition coefficient (Wildman–Crippen LogP) is 5.12. The van der Waals surface area contributed by atoms with E-state index >= 15 is 0 Å². The minimum absolute atomic E-state index is 0.102. The Kier molecular flexibility index (Phi) is 5.22. The Morgan fingerprint density at radius 1 is 0.824 bits per heavy atom. The number of rotatable bonds is 5. The molecule has 1 heterocycles. The SMILES string of the molecule is O=C(c1ccc(NS(=O)(=O)c2ccc(F)cc2)cc1)c1cc2c(ccc3ccccc32)oc1=O. The molecule has 5 aromatic rings. The molecule has 8 heteroatoms. The summed E-state index contributed by atoms with van der Waals surface area (Å²) in [6.45, 7) is 0. The van der Waals surface area contributed by atoms with Gasteiger partial charge in [-0.05, 0) is 71.4 Å². The molecule has 0 unspecified atom stereocenters. The number of carbonyl (C=O) groups is 1. The van der Waals surface area contributed by atoms with Crippen LogP contribution in [0.3, 0.4) is 0 Å². The van der Waals surface area contributed by atoms with Crippen molar-refractivity contribution >= 4 is 43.2 Å². The van der Waals surface area contributed by atoms with E-state index < -0.39 is 27.2 Å². The van der Waals surface area contributed by atoms with Gasteiger partial charge in [0.25, 0.3) is 10.0 Å². The van der Waals surface area contributed by atoms with Crippen molar-refractivity contribution in [1.29, 1.82) is 0 Å². The van der Waals surface area contributed by atoms with E-state index in [0.29, 0.717) is 11.0 Å². The Morgan fingerprint density at radius 2 is 1.53 bits per heavy atom. The lowest BCUT2D eigenvalue weighted by molar-refractivity contribution is 0.103. The number of anilines is 1. The third-order valence-corrected chi connectivity index (χ3v) is 6.81. The molecule has 0 spiro atoms. The lowest BCUT2D eigenvalue weighted by Crippen LogP contribution is -2.15. The zero-order valence-electron chi connectivity index (χ0n) is 17.5. The summed E-state index contributed by atoms with van der Waals surface area (Å²) in [5, 5.41) is 2.44. The molecule has 168 valence electrons. The first kappa shape index (κ1) is 21.5. The minimum atomic E-state index is -3.93. The van der Waals surface area contributed by atoms with Crippen LogP contribution >= 0.6 is 0 Å². The van der Waals surface area contributed by atoms with Crippen LogP contribution in [0.25, 0.3) is 21.7 Å². The van der Waals surface area contributed by atoms with E-state index in [0.717, 1.165) is 35.0 Å². The molecular weight excluding hydrogens is 457 g/mol. The summed E-state index contributed by atoms with van der Waals surface area (Å²) in [4.78, 5) is 25.5. The number of hydrogen-bond donors (Lipinski definition) is 1. The smallest absolute Gasteiger partial charge is 0.347 e. The van der Waals surface area contributed by atoms with Crippen molar-refractivity contribution < 1.29 is 22.0 Å². The molecule has 0 amide bonds. The van der Waals surface area contributed by atoms with E-state index in [9.17, 15) is 22.4 Å². The first-order valence-corrected chi connectivity index (χ1v) is 11.7. The summed E-state index contributed by atoms with van der Waals surface area (Å²) in [5.74, 6) is -1.09. The summed E-state index contributed by atoms with van der Waals surface area (Å²) in [5.41, 5.74) is -0.0998. The van der Waals surface area contributed by atoms with E-state index in [-0.39, 0.29) is 21.7 Å². The number of carbonyl (C=O) groups excluding carboxylic acids is 1. The highest BCUT2D eigenvalue weighted by molar-refractivity contribution is 7.92. The van der Waals surface area contributed by atoms with E-state index in [1.807, 2.05) is 30.3 Å². The van der Waals surface area contributed by atoms with Crippen LogP contribution < -0.4 is 10.3 Å². The highest BCUT2D eigenvalue weighted by Crippen LogP contribution is 2.26. The maximum atomic E-state index is 13.1. The molecule has 34 heavy (non-hydrogen) atoms. The predicted molar refractivity (Wildman–Crippen MR) is 127 cm³/mol. The van der Waals surface area contributed by atoms with Crippen LogP contribution in [0.2, 0.25) is 0 Å². The van der Waals surface area contributed by atoms with Crippen molar-refractivity contribution in [2.45, 2.75) is 4.90 Å². The Hall–Kier alpha value is -4.30. The average molecular weight is 473 g/mol. The number of benzene rings is 4. The van der Waals surface area contributed by atoms with Crippen molar-refractivity contribution in [3.05, 3.63) is 118 Å². The Labute approximate surface area is 193 Å². The van der Waals surface area contributed by atoms with Gasteiger partial charge in [0.1, 0.15) is 17.0 Å². The monoisotopic (exact) mass is 473 g/mol. The van der Waals surface area contributed by atoms with Crippen molar-refractivity contribution in [2.24, 2.45) is 0 Å². The number of halogens is 1. The number of sulfonamides is 1. The molecule has 0 aliphatic carbocycles. The van der Waals surface area contributed by atoms with E-state index in [1.165, 1.54) is 30.3 Å². The van der Waals surface area contributed by atoms with Gasteiger partial charge in [-0.15, -0.1) is 0 Å². The van der Waals surface area contributed by atoms with Crippen molar-refractivity contribution in [1.82, 2.24) is 0 Å². The third kappa shape index (κ3) is 3.95. The van der Waals surface area contributed by atoms with Crippen LogP contribution in [-0.2, 0) is 10.0 Å². The van der Waals surface area contributed by atoms with Crippen LogP contribution in [-0.4, -0.2) is 14.2 Å². The highest BCUT2D eigenvalue weighted by Gasteiger charge is 2.18. The second-order valence-electron chi connectivity index (χ2n) is 7.61. The lowest BCUT2D eigenvalue weighted by atomic mass is 10.0. The quantitative estimate of drug-likeness (QED) is 0.217. The van der Waals surface area contributed by atoms with Crippen LogP contribution in [0.1, 0.15) is 15.9 Å². The van der Waals surface area contributed by atoms with Crippen molar-refractivity contribution in [3.63, 3.8) is 0 Å². The molecule has 0 bridgehead atoms. The molecule has 0 saturated carbocycles. The average Bonchev–Trinajstić information content (AvgIpc) is 2.83. The topological polar surface area (TPSA) is 93.4 Å². The van der Waals surface area contributed by atoms with E-state index in [2.05, 4.69) is 4.72 Å². The number of ketones is 1.